The first-order valence-electron chi connectivity index (χ1n) is 6.67. The normalized spacial score (nSPS) is 23.9. The summed E-state index contributed by atoms with van der Waals surface area (Å²) in [4.78, 5) is 23.9. The molecule has 0 bridgehead atoms. The third-order valence-electron chi connectivity index (χ3n) is 4.30. The second-order valence-electron chi connectivity index (χ2n) is 5.30. The van der Waals surface area contributed by atoms with Crippen molar-refractivity contribution in [3.8, 4) is 11.5 Å². The van der Waals surface area contributed by atoms with Gasteiger partial charge in [0.15, 0.2) is 11.5 Å². The molecule has 2 aliphatic rings. The van der Waals surface area contributed by atoms with E-state index in [1.807, 2.05) is 13.0 Å². The van der Waals surface area contributed by atoms with E-state index >= 15 is 0 Å². The summed E-state index contributed by atoms with van der Waals surface area (Å²) < 4.78 is 10.8. The van der Waals surface area contributed by atoms with E-state index in [0.29, 0.717) is 17.9 Å². The fourth-order valence-electron chi connectivity index (χ4n) is 3.46. The highest BCUT2D eigenvalue weighted by atomic mass is 16.5. The summed E-state index contributed by atoms with van der Waals surface area (Å²) in [6.07, 6.45) is 1.39. The number of hydrogen-bond acceptors (Lipinski definition) is 4. The molecule has 0 radical (unpaired) electrons. The first-order chi connectivity index (χ1) is 9.58. The molecule has 3 rings (SSSR count). The van der Waals surface area contributed by atoms with E-state index in [9.17, 15) is 9.59 Å². The molecule has 0 aromatic heterocycles. The number of methoxy groups -OCH3 is 2. The number of ether oxygens (including phenoxy) is 2. The van der Waals surface area contributed by atoms with Crippen LogP contribution in [0.5, 0.6) is 11.5 Å². The van der Waals surface area contributed by atoms with Crippen molar-refractivity contribution in [3.05, 3.63) is 22.8 Å². The molecule has 2 amide bonds. The molecule has 1 heterocycles. The summed E-state index contributed by atoms with van der Waals surface area (Å²) in [5.41, 5.74) is 2.90. The standard InChI is InChI=1S/C15H17NO4/c1-7-6-10(19-2)13(20-3)8-4-5-9-12(11(7)8)15(18)16-14(9)17/h6,9,12H,4-5H2,1-3H3,(H,16,17,18). The van der Waals surface area contributed by atoms with Crippen LogP contribution in [0.25, 0.3) is 0 Å². The lowest BCUT2D eigenvalue weighted by molar-refractivity contribution is -0.125. The third-order valence-corrected chi connectivity index (χ3v) is 4.30. The van der Waals surface area contributed by atoms with E-state index in [1.165, 1.54) is 0 Å². The van der Waals surface area contributed by atoms with Crippen molar-refractivity contribution in [3.63, 3.8) is 0 Å². The van der Waals surface area contributed by atoms with E-state index in [-0.39, 0.29) is 23.7 Å². The van der Waals surface area contributed by atoms with Crippen LogP contribution >= 0.6 is 0 Å². The number of carbonyl (C=O) groups excluding carboxylic acids is 2. The maximum Gasteiger partial charge on any atom is 0.234 e. The SMILES string of the molecule is COc1cc(C)c2c(c1OC)CCC1C(=O)NC(=O)C21. The van der Waals surface area contributed by atoms with Crippen molar-refractivity contribution >= 4 is 11.8 Å². The van der Waals surface area contributed by atoms with E-state index < -0.39 is 0 Å². The predicted octanol–water partition coefficient (Wildman–Crippen LogP) is 1.31. The van der Waals surface area contributed by atoms with Crippen LogP contribution in [-0.4, -0.2) is 26.0 Å². The average Bonchev–Trinajstić information content (AvgIpc) is 2.73. The molecule has 1 aliphatic carbocycles. The first-order valence-corrected chi connectivity index (χ1v) is 6.67. The van der Waals surface area contributed by atoms with Gasteiger partial charge in [0.25, 0.3) is 0 Å². The molecular formula is C15H17NO4. The summed E-state index contributed by atoms with van der Waals surface area (Å²) in [6.45, 7) is 1.94. The Bertz CT molecular complexity index is 608. The van der Waals surface area contributed by atoms with Crippen LogP contribution in [0, 0.1) is 12.8 Å². The molecule has 5 heteroatoms. The number of rotatable bonds is 2. The number of nitrogens with one attached hydrogen (secondary N) is 1. The minimum atomic E-state index is -0.383. The van der Waals surface area contributed by atoms with Crippen LogP contribution in [0.1, 0.15) is 29.0 Å². The molecule has 1 saturated heterocycles. The zero-order valence-corrected chi connectivity index (χ0v) is 11.8. The van der Waals surface area contributed by atoms with Gasteiger partial charge in [-0.3, -0.25) is 14.9 Å². The molecule has 20 heavy (non-hydrogen) atoms. The lowest BCUT2D eigenvalue weighted by Gasteiger charge is -2.29. The number of hydrogen-bond donors (Lipinski definition) is 1. The van der Waals surface area contributed by atoms with Gasteiger partial charge in [-0.1, -0.05) is 0 Å². The molecule has 1 aliphatic heterocycles. The second kappa shape index (κ2) is 4.51. The highest BCUT2D eigenvalue weighted by molar-refractivity contribution is 6.08. The van der Waals surface area contributed by atoms with Gasteiger partial charge in [0, 0.05) is 5.56 Å². The molecule has 2 unspecified atom stereocenters. The fraction of sp³-hybridized carbons (Fsp3) is 0.467. The van der Waals surface area contributed by atoms with Crippen LogP contribution < -0.4 is 14.8 Å². The van der Waals surface area contributed by atoms with Crippen LogP contribution in [0.4, 0.5) is 0 Å². The smallest absolute Gasteiger partial charge is 0.234 e. The zero-order valence-electron chi connectivity index (χ0n) is 11.8. The van der Waals surface area contributed by atoms with Crippen molar-refractivity contribution in [1.82, 2.24) is 5.32 Å². The summed E-state index contributed by atoms with van der Waals surface area (Å²) in [6, 6.07) is 1.87. The van der Waals surface area contributed by atoms with Gasteiger partial charge in [0.05, 0.1) is 26.1 Å². The highest BCUT2D eigenvalue weighted by Gasteiger charge is 2.47. The monoisotopic (exact) mass is 275 g/mol. The molecule has 1 N–H and O–H groups in total. The highest BCUT2D eigenvalue weighted by Crippen LogP contribution is 2.47. The molecule has 1 fully saturated rings. The van der Waals surface area contributed by atoms with Gasteiger partial charge in [-0.2, -0.15) is 0 Å². The minimum Gasteiger partial charge on any atom is -0.493 e. The van der Waals surface area contributed by atoms with Crippen LogP contribution in [0.3, 0.4) is 0 Å². The Balaban J connectivity index is 2.22. The lowest BCUT2D eigenvalue weighted by atomic mass is 9.74. The zero-order chi connectivity index (χ0) is 14.4. The van der Waals surface area contributed by atoms with Gasteiger partial charge in [-0.25, -0.2) is 0 Å². The minimum absolute atomic E-state index is 0.153. The predicted molar refractivity (Wildman–Crippen MR) is 72.0 cm³/mol. The number of carbonyl (C=O) groups is 2. The Morgan fingerprint density at radius 1 is 1.20 bits per heavy atom. The Morgan fingerprint density at radius 3 is 2.60 bits per heavy atom. The molecule has 5 nitrogen and oxygen atoms in total. The molecule has 1 aromatic carbocycles. The third kappa shape index (κ3) is 1.62. The van der Waals surface area contributed by atoms with Crippen molar-refractivity contribution in [2.24, 2.45) is 5.92 Å². The topological polar surface area (TPSA) is 64.6 Å². The van der Waals surface area contributed by atoms with Crippen LogP contribution in [0.2, 0.25) is 0 Å². The van der Waals surface area contributed by atoms with E-state index in [1.54, 1.807) is 14.2 Å². The van der Waals surface area contributed by atoms with Crippen LogP contribution in [-0.2, 0) is 16.0 Å². The first kappa shape index (κ1) is 13.0. The van der Waals surface area contributed by atoms with Crippen molar-refractivity contribution in [1.29, 1.82) is 0 Å². The summed E-state index contributed by atoms with van der Waals surface area (Å²) >= 11 is 0. The van der Waals surface area contributed by atoms with Gasteiger partial charge < -0.3 is 9.47 Å². The molecular weight excluding hydrogens is 258 g/mol. The maximum absolute atomic E-state index is 12.1. The van der Waals surface area contributed by atoms with E-state index in [0.717, 1.165) is 23.1 Å². The number of benzene rings is 1. The second-order valence-corrected chi connectivity index (χ2v) is 5.30. The quantitative estimate of drug-likeness (QED) is 0.827. The summed E-state index contributed by atoms with van der Waals surface area (Å²) in [5.74, 6) is 0.375. The Morgan fingerprint density at radius 2 is 1.95 bits per heavy atom. The lowest BCUT2D eigenvalue weighted by Crippen LogP contribution is -2.24. The van der Waals surface area contributed by atoms with Gasteiger partial charge in [0.1, 0.15) is 0 Å². The van der Waals surface area contributed by atoms with Gasteiger partial charge in [-0.05, 0) is 37.0 Å². The molecule has 2 atom stereocenters. The number of aryl methyl sites for hydroxylation is 1. The summed E-state index contributed by atoms with van der Waals surface area (Å²) in [7, 11) is 3.19. The van der Waals surface area contributed by atoms with Gasteiger partial charge in [0.2, 0.25) is 11.8 Å². The Kier molecular flexibility index (Phi) is 2.92. The Hall–Kier alpha value is -2.04. The molecule has 106 valence electrons. The number of imide groups is 1. The van der Waals surface area contributed by atoms with Gasteiger partial charge >= 0.3 is 0 Å². The van der Waals surface area contributed by atoms with Crippen LogP contribution in [0.15, 0.2) is 6.07 Å². The number of amides is 2. The van der Waals surface area contributed by atoms with E-state index in [2.05, 4.69) is 5.32 Å². The maximum atomic E-state index is 12.1. The Labute approximate surface area is 117 Å². The van der Waals surface area contributed by atoms with Crippen molar-refractivity contribution < 1.29 is 19.1 Å². The van der Waals surface area contributed by atoms with Crippen molar-refractivity contribution in [2.45, 2.75) is 25.7 Å². The summed E-state index contributed by atoms with van der Waals surface area (Å²) in [5, 5.41) is 2.44. The molecule has 1 aromatic rings. The van der Waals surface area contributed by atoms with Crippen molar-refractivity contribution in [2.75, 3.05) is 14.2 Å². The average molecular weight is 275 g/mol. The molecule has 0 saturated carbocycles. The fourth-order valence-corrected chi connectivity index (χ4v) is 3.46. The number of fused-ring (bicyclic) bond motifs is 3. The largest absolute Gasteiger partial charge is 0.493 e. The van der Waals surface area contributed by atoms with Gasteiger partial charge in [-0.15, -0.1) is 0 Å². The molecule has 0 spiro atoms. The van der Waals surface area contributed by atoms with E-state index in [4.69, 9.17) is 9.47 Å².